The number of rotatable bonds is 7. The van der Waals surface area contributed by atoms with E-state index in [4.69, 9.17) is 9.66 Å². The molecule has 0 aromatic heterocycles. The second-order valence-electron chi connectivity index (χ2n) is 2.47. The SMILES string of the molecule is O=S(=O)(O)CCC[AsH]CCCO. The van der Waals surface area contributed by atoms with Crippen LogP contribution in [0.4, 0.5) is 0 Å². The molecule has 12 heavy (non-hydrogen) atoms. The molecule has 0 bridgehead atoms. The Morgan fingerprint density at radius 2 is 1.75 bits per heavy atom. The van der Waals surface area contributed by atoms with Crippen molar-refractivity contribution in [2.45, 2.75) is 23.3 Å². The Kier molecular flexibility index (Phi) is 7.14. The van der Waals surface area contributed by atoms with E-state index in [-0.39, 0.29) is 28.1 Å². The normalized spacial score (nSPS) is 12.8. The van der Waals surface area contributed by atoms with E-state index in [1.807, 2.05) is 0 Å². The zero-order valence-electron chi connectivity index (χ0n) is 6.86. The molecule has 1 unspecified atom stereocenters. The first kappa shape index (κ1) is 12.4. The Hall–Kier alpha value is 0.428. The van der Waals surface area contributed by atoms with Gasteiger partial charge < -0.3 is 0 Å². The van der Waals surface area contributed by atoms with Crippen molar-refractivity contribution in [2.24, 2.45) is 0 Å². The van der Waals surface area contributed by atoms with Crippen molar-refractivity contribution in [1.29, 1.82) is 0 Å². The van der Waals surface area contributed by atoms with Gasteiger partial charge in [0, 0.05) is 0 Å². The number of hydrogen-bond donors (Lipinski definition) is 2. The predicted molar refractivity (Wildman–Crippen MR) is 49.5 cm³/mol. The van der Waals surface area contributed by atoms with Crippen LogP contribution < -0.4 is 0 Å². The fourth-order valence-electron chi connectivity index (χ4n) is 0.709. The Bertz CT molecular complexity index is 190. The summed E-state index contributed by atoms with van der Waals surface area (Å²) >= 11 is -0.0925. The number of hydrogen-bond acceptors (Lipinski definition) is 3. The molecule has 0 saturated carbocycles. The van der Waals surface area contributed by atoms with Gasteiger partial charge in [-0.05, 0) is 0 Å². The minimum absolute atomic E-state index is 0.0925. The molecule has 1 atom stereocenters. The van der Waals surface area contributed by atoms with Crippen LogP contribution in [0.15, 0.2) is 0 Å². The molecule has 0 aliphatic carbocycles. The van der Waals surface area contributed by atoms with Crippen molar-refractivity contribution in [3.05, 3.63) is 0 Å². The van der Waals surface area contributed by atoms with E-state index in [0.717, 1.165) is 16.8 Å². The van der Waals surface area contributed by atoms with Crippen LogP contribution in [-0.4, -0.2) is 46.2 Å². The molecule has 0 aromatic rings. The van der Waals surface area contributed by atoms with Gasteiger partial charge in [0.25, 0.3) is 0 Å². The van der Waals surface area contributed by atoms with Crippen LogP contribution in [0.5, 0.6) is 0 Å². The molecule has 74 valence electrons. The summed E-state index contributed by atoms with van der Waals surface area (Å²) in [6.07, 6.45) is 1.39. The monoisotopic (exact) mass is 258 g/mol. The zero-order valence-corrected chi connectivity index (χ0v) is 9.78. The minimum atomic E-state index is -3.75. The summed E-state index contributed by atoms with van der Waals surface area (Å²) in [7, 11) is -3.75. The molecule has 0 amide bonds. The summed E-state index contributed by atoms with van der Waals surface area (Å²) in [6, 6.07) is 0. The Balaban J connectivity index is 3.12. The summed E-state index contributed by atoms with van der Waals surface area (Å²) in [4.78, 5) is 0. The van der Waals surface area contributed by atoms with Crippen molar-refractivity contribution in [1.82, 2.24) is 0 Å². The number of aliphatic hydroxyl groups is 1. The molecule has 0 rings (SSSR count). The zero-order chi connectivity index (χ0) is 9.45. The Morgan fingerprint density at radius 1 is 1.17 bits per heavy atom. The van der Waals surface area contributed by atoms with Gasteiger partial charge >= 0.3 is 79.6 Å². The summed E-state index contributed by atoms with van der Waals surface area (Å²) in [6.45, 7) is 0.224. The van der Waals surface area contributed by atoms with Gasteiger partial charge in [0.2, 0.25) is 0 Å². The number of aliphatic hydroxyl groups excluding tert-OH is 1. The van der Waals surface area contributed by atoms with Crippen LogP contribution in [0, 0.1) is 0 Å². The topological polar surface area (TPSA) is 74.6 Å². The van der Waals surface area contributed by atoms with Crippen LogP contribution >= 0.6 is 0 Å². The van der Waals surface area contributed by atoms with Crippen molar-refractivity contribution in [3.8, 4) is 0 Å². The van der Waals surface area contributed by atoms with E-state index in [1.54, 1.807) is 0 Å². The molecule has 0 saturated heterocycles. The maximum absolute atomic E-state index is 10.2. The van der Waals surface area contributed by atoms with Crippen LogP contribution in [0.1, 0.15) is 12.8 Å². The van der Waals surface area contributed by atoms with Crippen molar-refractivity contribution >= 4 is 25.9 Å². The molecule has 0 spiro atoms. The first-order chi connectivity index (χ1) is 5.56. The third-order valence-corrected chi connectivity index (χ3v) is 5.04. The van der Waals surface area contributed by atoms with E-state index in [0.29, 0.717) is 6.42 Å². The van der Waals surface area contributed by atoms with E-state index < -0.39 is 10.1 Å². The van der Waals surface area contributed by atoms with Gasteiger partial charge in [-0.1, -0.05) is 0 Å². The van der Waals surface area contributed by atoms with Crippen LogP contribution in [0.3, 0.4) is 0 Å². The summed E-state index contributed by atoms with van der Waals surface area (Å²) in [5.74, 6) is -0.115. The maximum atomic E-state index is 10.2. The van der Waals surface area contributed by atoms with Gasteiger partial charge in [0.05, 0.1) is 0 Å². The average Bonchev–Trinajstić information content (AvgIpc) is 1.94. The Morgan fingerprint density at radius 3 is 2.25 bits per heavy atom. The molecular formula is C6H15AsO4S. The molecule has 0 fully saturated rings. The second-order valence-corrected chi connectivity index (χ2v) is 7.19. The van der Waals surface area contributed by atoms with Gasteiger partial charge in [-0.15, -0.1) is 0 Å². The quantitative estimate of drug-likeness (QED) is 0.380. The van der Waals surface area contributed by atoms with Gasteiger partial charge in [-0.2, -0.15) is 0 Å². The van der Waals surface area contributed by atoms with Crippen LogP contribution in [-0.2, 0) is 10.1 Å². The third-order valence-electron chi connectivity index (χ3n) is 1.27. The standard InChI is InChI=1S/C6H15AsO4S/c8-5-1-3-7-4-2-6-12(9,10)11/h7-8H,1-6H2,(H,9,10,11). The van der Waals surface area contributed by atoms with Crippen LogP contribution in [0.25, 0.3) is 0 Å². The Labute approximate surface area is 79.8 Å². The van der Waals surface area contributed by atoms with Crippen molar-refractivity contribution in [3.63, 3.8) is 0 Å². The average molecular weight is 258 g/mol. The van der Waals surface area contributed by atoms with E-state index in [2.05, 4.69) is 0 Å². The molecule has 0 aromatic carbocycles. The van der Waals surface area contributed by atoms with Crippen molar-refractivity contribution < 1.29 is 18.1 Å². The molecule has 0 aliphatic heterocycles. The molecular weight excluding hydrogens is 243 g/mol. The van der Waals surface area contributed by atoms with E-state index in [9.17, 15) is 8.42 Å². The van der Waals surface area contributed by atoms with Gasteiger partial charge in [0.1, 0.15) is 0 Å². The summed E-state index contributed by atoms with van der Waals surface area (Å²) in [5, 5.41) is 10.4. The van der Waals surface area contributed by atoms with Crippen LogP contribution in [0.2, 0.25) is 10.4 Å². The first-order valence-corrected chi connectivity index (χ1v) is 8.40. The van der Waals surface area contributed by atoms with Gasteiger partial charge in [-0.3, -0.25) is 0 Å². The van der Waals surface area contributed by atoms with Gasteiger partial charge in [0.15, 0.2) is 0 Å². The fraction of sp³-hybridized carbons (Fsp3) is 1.00. The van der Waals surface area contributed by atoms with E-state index >= 15 is 0 Å². The van der Waals surface area contributed by atoms with E-state index in [1.165, 1.54) is 0 Å². The molecule has 4 nitrogen and oxygen atoms in total. The third kappa shape index (κ3) is 10.4. The van der Waals surface area contributed by atoms with Gasteiger partial charge in [-0.25, -0.2) is 0 Å². The predicted octanol–water partition coefficient (Wildman–Crippen LogP) is -0.0802. The molecule has 0 aliphatic rings. The van der Waals surface area contributed by atoms with Crippen molar-refractivity contribution in [2.75, 3.05) is 12.4 Å². The summed E-state index contributed by atoms with van der Waals surface area (Å²) < 4.78 is 28.9. The molecule has 0 radical (unpaired) electrons. The first-order valence-electron chi connectivity index (χ1n) is 3.83. The summed E-state index contributed by atoms with van der Waals surface area (Å²) in [5.41, 5.74) is 0. The second kappa shape index (κ2) is 6.89. The molecule has 2 N–H and O–H groups in total. The molecule has 0 heterocycles. The fourth-order valence-corrected chi connectivity index (χ4v) is 4.03. The molecule has 6 heteroatoms.